The SMILES string of the molecule is CSCc1cc(Cl)cc(CSC)c1O. The number of phenolic OH excluding ortho intramolecular Hbond substituents is 1. The zero-order valence-electron chi connectivity index (χ0n) is 8.21. The van der Waals surface area contributed by atoms with E-state index in [-0.39, 0.29) is 0 Å². The van der Waals surface area contributed by atoms with Crippen LogP contribution in [0.5, 0.6) is 5.75 Å². The zero-order chi connectivity index (χ0) is 10.6. The van der Waals surface area contributed by atoms with E-state index >= 15 is 0 Å². The number of rotatable bonds is 4. The van der Waals surface area contributed by atoms with Crippen molar-refractivity contribution in [3.63, 3.8) is 0 Å². The number of hydrogen-bond acceptors (Lipinski definition) is 3. The van der Waals surface area contributed by atoms with Crippen LogP contribution in [0, 0.1) is 0 Å². The fourth-order valence-electron chi connectivity index (χ4n) is 1.25. The first-order valence-electron chi connectivity index (χ1n) is 4.17. The average Bonchev–Trinajstić information content (AvgIpc) is 2.14. The molecule has 0 aliphatic heterocycles. The van der Waals surface area contributed by atoms with Gasteiger partial charge in [-0.15, -0.1) is 0 Å². The number of hydrogen-bond donors (Lipinski definition) is 1. The van der Waals surface area contributed by atoms with Crippen LogP contribution in [0.15, 0.2) is 12.1 Å². The first-order chi connectivity index (χ1) is 6.69. The number of phenols is 1. The predicted molar refractivity (Wildman–Crippen MR) is 67.6 cm³/mol. The molecule has 0 heterocycles. The molecule has 0 atom stereocenters. The molecular weight excluding hydrogens is 236 g/mol. The van der Waals surface area contributed by atoms with Gasteiger partial charge in [-0.2, -0.15) is 23.5 Å². The average molecular weight is 249 g/mol. The fourth-order valence-corrected chi connectivity index (χ4v) is 2.57. The molecule has 1 nitrogen and oxygen atoms in total. The maximum absolute atomic E-state index is 9.89. The van der Waals surface area contributed by atoms with E-state index in [9.17, 15) is 5.11 Å². The standard InChI is InChI=1S/C10H13ClOS2/c1-13-5-7-3-9(11)4-8(6-14-2)10(7)12/h3-4,12H,5-6H2,1-2H3. The third-order valence-corrected chi connectivity index (χ3v) is 3.25. The Hall–Kier alpha value is 0.01000. The van der Waals surface area contributed by atoms with Gasteiger partial charge in [0.15, 0.2) is 0 Å². The Bertz CT molecular complexity index is 288. The maximum Gasteiger partial charge on any atom is 0.123 e. The van der Waals surface area contributed by atoms with Crippen molar-refractivity contribution in [2.24, 2.45) is 0 Å². The van der Waals surface area contributed by atoms with E-state index in [0.717, 1.165) is 22.6 Å². The second-order valence-electron chi connectivity index (χ2n) is 2.94. The van der Waals surface area contributed by atoms with Crippen LogP contribution in [0.25, 0.3) is 0 Å². The quantitative estimate of drug-likeness (QED) is 0.876. The molecule has 0 bridgehead atoms. The third kappa shape index (κ3) is 3.01. The number of halogens is 1. The Morgan fingerprint density at radius 3 is 1.93 bits per heavy atom. The zero-order valence-corrected chi connectivity index (χ0v) is 10.6. The highest BCUT2D eigenvalue weighted by Crippen LogP contribution is 2.31. The Labute approximate surface area is 98.2 Å². The molecule has 0 aliphatic carbocycles. The van der Waals surface area contributed by atoms with Crippen molar-refractivity contribution in [1.29, 1.82) is 0 Å². The van der Waals surface area contributed by atoms with Crippen molar-refractivity contribution in [3.8, 4) is 5.75 Å². The molecule has 1 rings (SSSR count). The number of aromatic hydroxyl groups is 1. The molecule has 1 N–H and O–H groups in total. The summed E-state index contributed by atoms with van der Waals surface area (Å²) in [5.41, 5.74) is 1.85. The van der Waals surface area contributed by atoms with Gasteiger partial charge >= 0.3 is 0 Å². The molecule has 1 aromatic rings. The van der Waals surface area contributed by atoms with Crippen molar-refractivity contribution < 1.29 is 5.11 Å². The van der Waals surface area contributed by atoms with Crippen LogP contribution < -0.4 is 0 Å². The van der Waals surface area contributed by atoms with Gasteiger partial charge in [-0.05, 0) is 24.6 Å². The van der Waals surface area contributed by atoms with Crippen LogP contribution in [0.1, 0.15) is 11.1 Å². The topological polar surface area (TPSA) is 20.2 Å². The van der Waals surface area contributed by atoms with Crippen LogP contribution in [0.4, 0.5) is 0 Å². The molecule has 0 saturated carbocycles. The van der Waals surface area contributed by atoms with Crippen LogP contribution in [-0.2, 0) is 11.5 Å². The molecule has 4 heteroatoms. The second kappa shape index (κ2) is 5.79. The molecule has 0 aliphatic rings. The molecule has 0 saturated heterocycles. The third-order valence-electron chi connectivity index (χ3n) is 1.83. The lowest BCUT2D eigenvalue weighted by atomic mass is 10.1. The van der Waals surface area contributed by atoms with Crippen LogP contribution in [0.2, 0.25) is 5.02 Å². The smallest absolute Gasteiger partial charge is 0.123 e. The minimum absolute atomic E-state index is 0.401. The summed E-state index contributed by atoms with van der Waals surface area (Å²) in [7, 11) is 0. The lowest BCUT2D eigenvalue weighted by Gasteiger charge is -2.09. The van der Waals surface area contributed by atoms with Gasteiger partial charge < -0.3 is 5.11 Å². The van der Waals surface area contributed by atoms with Gasteiger partial charge in [0.1, 0.15) is 5.75 Å². The summed E-state index contributed by atoms with van der Waals surface area (Å²) in [4.78, 5) is 0. The van der Waals surface area contributed by atoms with Gasteiger partial charge in [0.25, 0.3) is 0 Å². The predicted octanol–water partition coefficient (Wildman–Crippen LogP) is 3.77. The van der Waals surface area contributed by atoms with Gasteiger partial charge in [-0.3, -0.25) is 0 Å². The van der Waals surface area contributed by atoms with E-state index in [0.29, 0.717) is 10.8 Å². The van der Waals surface area contributed by atoms with Crippen LogP contribution in [-0.4, -0.2) is 17.6 Å². The van der Waals surface area contributed by atoms with E-state index in [1.807, 2.05) is 24.6 Å². The molecule has 0 radical (unpaired) electrons. The van der Waals surface area contributed by atoms with E-state index < -0.39 is 0 Å². The monoisotopic (exact) mass is 248 g/mol. The molecule has 0 aromatic heterocycles. The van der Waals surface area contributed by atoms with E-state index in [4.69, 9.17) is 11.6 Å². The highest BCUT2D eigenvalue weighted by atomic mass is 35.5. The molecular formula is C10H13ClOS2. The Kier molecular flexibility index (Phi) is 4.99. The van der Waals surface area contributed by atoms with Crippen molar-refractivity contribution in [2.45, 2.75) is 11.5 Å². The molecule has 78 valence electrons. The summed E-state index contributed by atoms with van der Waals surface area (Å²) >= 11 is 9.32. The Morgan fingerprint density at radius 2 is 1.57 bits per heavy atom. The van der Waals surface area contributed by atoms with E-state index in [2.05, 4.69) is 0 Å². The summed E-state index contributed by atoms with van der Waals surface area (Å²) in [6.45, 7) is 0. The summed E-state index contributed by atoms with van der Waals surface area (Å²) in [5, 5.41) is 10.6. The summed E-state index contributed by atoms with van der Waals surface area (Å²) in [5.74, 6) is 2.00. The Balaban J connectivity index is 3.04. The largest absolute Gasteiger partial charge is 0.507 e. The molecule has 0 amide bonds. The summed E-state index contributed by atoms with van der Waals surface area (Å²) in [6.07, 6.45) is 4.02. The molecule has 0 unspecified atom stereocenters. The fraction of sp³-hybridized carbons (Fsp3) is 0.400. The first kappa shape index (κ1) is 12.1. The highest BCUT2D eigenvalue weighted by Gasteiger charge is 2.08. The Morgan fingerprint density at radius 1 is 1.14 bits per heavy atom. The summed E-state index contributed by atoms with van der Waals surface area (Å²) in [6, 6.07) is 3.66. The van der Waals surface area contributed by atoms with Gasteiger partial charge in [0.05, 0.1) is 0 Å². The second-order valence-corrected chi connectivity index (χ2v) is 5.11. The van der Waals surface area contributed by atoms with Gasteiger partial charge in [-0.1, -0.05) is 11.6 Å². The van der Waals surface area contributed by atoms with E-state index in [1.165, 1.54) is 0 Å². The first-order valence-corrected chi connectivity index (χ1v) is 7.33. The van der Waals surface area contributed by atoms with Crippen molar-refractivity contribution in [2.75, 3.05) is 12.5 Å². The lowest BCUT2D eigenvalue weighted by Crippen LogP contribution is -1.88. The minimum Gasteiger partial charge on any atom is -0.507 e. The maximum atomic E-state index is 9.89. The van der Waals surface area contributed by atoms with E-state index in [1.54, 1.807) is 23.5 Å². The van der Waals surface area contributed by atoms with Crippen LogP contribution in [0.3, 0.4) is 0 Å². The van der Waals surface area contributed by atoms with Gasteiger partial charge in [0, 0.05) is 27.7 Å². The van der Waals surface area contributed by atoms with Crippen molar-refractivity contribution in [3.05, 3.63) is 28.3 Å². The normalized spacial score (nSPS) is 10.5. The van der Waals surface area contributed by atoms with Crippen LogP contribution >= 0.6 is 35.1 Å². The number of thioether (sulfide) groups is 2. The highest BCUT2D eigenvalue weighted by molar-refractivity contribution is 7.98. The van der Waals surface area contributed by atoms with Crippen molar-refractivity contribution in [1.82, 2.24) is 0 Å². The number of benzene rings is 1. The minimum atomic E-state index is 0.401. The van der Waals surface area contributed by atoms with Crippen molar-refractivity contribution >= 4 is 35.1 Å². The lowest BCUT2D eigenvalue weighted by molar-refractivity contribution is 0.466. The van der Waals surface area contributed by atoms with Gasteiger partial charge in [-0.25, -0.2) is 0 Å². The summed E-state index contributed by atoms with van der Waals surface area (Å²) < 4.78 is 0. The molecule has 14 heavy (non-hydrogen) atoms. The molecule has 0 spiro atoms. The molecule has 0 fully saturated rings. The van der Waals surface area contributed by atoms with Gasteiger partial charge in [0.2, 0.25) is 0 Å². The molecule has 1 aromatic carbocycles.